The number of nitrogens with zero attached hydrogens (tertiary/aromatic N) is 1. The van der Waals surface area contributed by atoms with E-state index in [4.69, 9.17) is 11.6 Å². The van der Waals surface area contributed by atoms with E-state index >= 15 is 0 Å². The van der Waals surface area contributed by atoms with Crippen LogP contribution in [0.2, 0.25) is 5.02 Å². The first-order valence-corrected chi connectivity index (χ1v) is 6.79. The fraction of sp³-hybridized carbons (Fsp3) is 0. The van der Waals surface area contributed by atoms with Crippen LogP contribution in [0, 0.1) is 0 Å². The summed E-state index contributed by atoms with van der Waals surface area (Å²) in [4.78, 5) is 12.8. The van der Waals surface area contributed by atoms with Gasteiger partial charge in [0.1, 0.15) is 5.75 Å². The third-order valence-electron chi connectivity index (χ3n) is 3.32. The van der Waals surface area contributed by atoms with Crippen molar-refractivity contribution in [2.24, 2.45) is 0 Å². The highest BCUT2D eigenvalue weighted by atomic mass is 35.5. The highest BCUT2D eigenvalue weighted by Crippen LogP contribution is 2.38. The Balaban J connectivity index is 2.19. The topological polar surface area (TPSA) is 40.5 Å². The van der Waals surface area contributed by atoms with Crippen LogP contribution in [0.4, 0.5) is 11.4 Å². The van der Waals surface area contributed by atoms with Gasteiger partial charge in [-0.3, -0.25) is 9.69 Å². The SMILES string of the molecule is O=CN(c1cc2ccccc2cc1O)c1ccccc1Cl. The molecule has 1 N–H and O–H groups in total. The fourth-order valence-corrected chi connectivity index (χ4v) is 2.53. The van der Waals surface area contributed by atoms with Gasteiger partial charge in [0.25, 0.3) is 0 Å². The van der Waals surface area contributed by atoms with Crippen LogP contribution in [0.1, 0.15) is 0 Å². The van der Waals surface area contributed by atoms with Gasteiger partial charge in [-0.15, -0.1) is 0 Å². The lowest BCUT2D eigenvalue weighted by atomic mass is 10.1. The van der Waals surface area contributed by atoms with E-state index in [0.717, 1.165) is 10.8 Å². The Morgan fingerprint density at radius 2 is 1.52 bits per heavy atom. The Morgan fingerprint density at radius 3 is 2.19 bits per heavy atom. The number of anilines is 2. The molecule has 3 rings (SSSR count). The van der Waals surface area contributed by atoms with Crippen LogP contribution in [0.3, 0.4) is 0 Å². The number of amides is 1. The van der Waals surface area contributed by atoms with Crippen molar-refractivity contribution >= 4 is 40.2 Å². The molecule has 3 aromatic rings. The Kier molecular flexibility index (Phi) is 3.50. The molecule has 0 fully saturated rings. The standard InChI is InChI=1S/C17H12ClNO2/c18-14-7-3-4-8-15(14)19(11-20)16-9-12-5-1-2-6-13(12)10-17(16)21/h1-11,21H. The molecule has 0 heterocycles. The van der Waals surface area contributed by atoms with Gasteiger partial charge in [0, 0.05) is 0 Å². The lowest BCUT2D eigenvalue weighted by Crippen LogP contribution is -2.14. The Bertz CT molecular complexity index is 817. The molecule has 21 heavy (non-hydrogen) atoms. The number of benzene rings is 3. The summed E-state index contributed by atoms with van der Waals surface area (Å²) in [5.74, 6) is 0.0284. The van der Waals surface area contributed by atoms with Crippen molar-refractivity contribution in [3.05, 3.63) is 65.7 Å². The highest BCUT2D eigenvalue weighted by molar-refractivity contribution is 6.33. The van der Waals surface area contributed by atoms with Crippen LogP contribution in [-0.4, -0.2) is 11.5 Å². The molecule has 0 saturated heterocycles. The molecule has 104 valence electrons. The lowest BCUT2D eigenvalue weighted by Gasteiger charge is -2.20. The van der Waals surface area contributed by atoms with E-state index in [1.807, 2.05) is 24.3 Å². The lowest BCUT2D eigenvalue weighted by molar-refractivity contribution is -0.106. The molecule has 4 heteroatoms. The zero-order chi connectivity index (χ0) is 14.8. The minimum Gasteiger partial charge on any atom is -0.506 e. The molecular formula is C17H12ClNO2. The molecule has 0 bridgehead atoms. The van der Waals surface area contributed by atoms with Crippen molar-refractivity contribution in [3.8, 4) is 5.75 Å². The molecule has 1 amide bonds. The monoisotopic (exact) mass is 297 g/mol. The summed E-state index contributed by atoms with van der Waals surface area (Å²) in [7, 11) is 0. The van der Waals surface area contributed by atoms with Crippen LogP contribution in [-0.2, 0) is 4.79 Å². The Hall–Kier alpha value is -2.52. The molecule has 3 aromatic carbocycles. The van der Waals surface area contributed by atoms with Gasteiger partial charge in [-0.1, -0.05) is 48.0 Å². The van der Waals surface area contributed by atoms with Gasteiger partial charge in [-0.2, -0.15) is 0 Å². The summed E-state index contributed by atoms with van der Waals surface area (Å²) in [5, 5.41) is 12.5. The van der Waals surface area contributed by atoms with Crippen molar-refractivity contribution < 1.29 is 9.90 Å². The second kappa shape index (κ2) is 5.46. The molecule has 0 aromatic heterocycles. The van der Waals surface area contributed by atoms with E-state index in [0.29, 0.717) is 22.8 Å². The van der Waals surface area contributed by atoms with E-state index in [2.05, 4.69) is 0 Å². The maximum atomic E-state index is 11.5. The summed E-state index contributed by atoms with van der Waals surface area (Å²) in [6.07, 6.45) is 0.644. The number of rotatable bonds is 3. The number of carbonyl (C=O) groups excluding carboxylic acids is 1. The zero-order valence-corrected chi connectivity index (χ0v) is 11.8. The van der Waals surface area contributed by atoms with E-state index in [9.17, 15) is 9.90 Å². The third kappa shape index (κ3) is 2.43. The number of fused-ring (bicyclic) bond motifs is 1. The second-order valence-corrected chi connectivity index (χ2v) is 5.02. The normalized spacial score (nSPS) is 10.5. The van der Waals surface area contributed by atoms with Crippen molar-refractivity contribution in [2.45, 2.75) is 0 Å². The minimum absolute atomic E-state index is 0.0284. The van der Waals surface area contributed by atoms with Gasteiger partial charge >= 0.3 is 0 Å². The van der Waals surface area contributed by atoms with Crippen LogP contribution >= 0.6 is 11.6 Å². The zero-order valence-electron chi connectivity index (χ0n) is 11.0. The van der Waals surface area contributed by atoms with Crippen LogP contribution in [0.25, 0.3) is 10.8 Å². The van der Waals surface area contributed by atoms with Gasteiger partial charge in [0.15, 0.2) is 0 Å². The number of carbonyl (C=O) groups is 1. The molecular weight excluding hydrogens is 286 g/mol. The molecule has 0 radical (unpaired) electrons. The average Bonchev–Trinajstić information content (AvgIpc) is 2.50. The molecule has 0 saturated carbocycles. The second-order valence-electron chi connectivity index (χ2n) is 4.61. The molecule has 0 aliphatic heterocycles. The number of aromatic hydroxyl groups is 1. The van der Waals surface area contributed by atoms with Gasteiger partial charge in [0.2, 0.25) is 6.41 Å². The predicted molar refractivity (Wildman–Crippen MR) is 85.3 cm³/mol. The summed E-state index contributed by atoms with van der Waals surface area (Å²) in [5.41, 5.74) is 0.927. The largest absolute Gasteiger partial charge is 0.506 e. The molecule has 0 atom stereocenters. The van der Waals surface area contributed by atoms with Gasteiger partial charge in [-0.05, 0) is 35.0 Å². The highest BCUT2D eigenvalue weighted by Gasteiger charge is 2.15. The molecule has 0 unspecified atom stereocenters. The van der Waals surface area contributed by atoms with Crippen LogP contribution in [0.15, 0.2) is 60.7 Å². The fourth-order valence-electron chi connectivity index (χ4n) is 2.30. The first kappa shape index (κ1) is 13.5. The molecule has 0 spiro atoms. The quantitative estimate of drug-likeness (QED) is 0.723. The predicted octanol–water partition coefficient (Wildman–Crippen LogP) is 4.49. The number of halogens is 1. The van der Waals surface area contributed by atoms with Gasteiger partial charge in [0.05, 0.1) is 16.4 Å². The summed E-state index contributed by atoms with van der Waals surface area (Å²) in [6, 6.07) is 18.0. The number of phenolic OH excluding ortho intramolecular Hbond substituents is 1. The molecule has 0 aliphatic carbocycles. The van der Waals surface area contributed by atoms with E-state index in [1.165, 1.54) is 4.90 Å². The number of para-hydroxylation sites is 1. The summed E-state index contributed by atoms with van der Waals surface area (Å²) >= 11 is 6.14. The minimum atomic E-state index is 0.0284. The average molecular weight is 298 g/mol. The smallest absolute Gasteiger partial charge is 0.218 e. The van der Waals surface area contributed by atoms with Crippen molar-refractivity contribution in [3.63, 3.8) is 0 Å². The van der Waals surface area contributed by atoms with Crippen LogP contribution in [0.5, 0.6) is 5.75 Å². The Labute approximate surface area is 127 Å². The first-order valence-electron chi connectivity index (χ1n) is 6.41. The maximum Gasteiger partial charge on any atom is 0.218 e. The van der Waals surface area contributed by atoms with E-state index < -0.39 is 0 Å². The number of hydrogen-bond donors (Lipinski definition) is 1. The maximum absolute atomic E-state index is 11.5. The van der Waals surface area contributed by atoms with Crippen molar-refractivity contribution in [2.75, 3.05) is 4.90 Å². The molecule has 0 aliphatic rings. The van der Waals surface area contributed by atoms with E-state index in [-0.39, 0.29) is 5.75 Å². The number of hydrogen-bond acceptors (Lipinski definition) is 2. The van der Waals surface area contributed by atoms with E-state index in [1.54, 1.807) is 36.4 Å². The summed E-state index contributed by atoms with van der Waals surface area (Å²) < 4.78 is 0. The summed E-state index contributed by atoms with van der Waals surface area (Å²) in [6.45, 7) is 0. The van der Waals surface area contributed by atoms with Crippen molar-refractivity contribution in [1.82, 2.24) is 0 Å². The molecule has 3 nitrogen and oxygen atoms in total. The van der Waals surface area contributed by atoms with Gasteiger partial charge in [-0.25, -0.2) is 0 Å². The first-order chi connectivity index (χ1) is 10.2. The number of phenols is 1. The van der Waals surface area contributed by atoms with Gasteiger partial charge < -0.3 is 5.11 Å². The third-order valence-corrected chi connectivity index (χ3v) is 3.64. The van der Waals surface area contributed by atoms with Crippen molar-refractivity contribution in [1.29, 1.82) is 0 Å². The Morgan fingerprint density at radius 1 is 0.905 bits per heavy atom. The van der Waals surface area contributed by atoms with Crippen LogP contribution < -0.4 is 4.90 Å².